The van der Waals surface area contributed by atoms with Crippen LogP contribution in [0.15, 0.2) is 30.3 Å². The Morgan fingerprint density at radius 1 is 1.00 bits per heavy atom. The monoisotopic (exact) mass is 435 g/mol. The molecular weight excluding hydrogens is 398 g/mol. The minimum absolute atomic E-state index is 0.0119. The van der Waals surface area contributed by atoms with Gasteiger partial charge in [-0.05, 0) is 70.1 Å². The number of rotatable bonds is 10. The first-order valence-electron chi connectivity index (χ1n) is 11.6. The number of likely N-dealkylation sites (tertiary alicyclic amines) is 1. The molecule has 2 aliphatic heterocycles. The van der Waals surface area contributed by atoms with Crippen molar-refractivity contribution in [2.45, 2.75) is 51.4 Å². The predicted octanol–water partition coefficient (Wildman–Crippen LogP) is 2.65. The highest BCUT2D eigenvalue weighted by Gasteiger charge is 2.31. The molecule has 0 bridgehead atoms. The number of benzene rings is 1. The van der Waals surface area contributed by atoms with Gasteiger partial charge >= 0.3 is 0 Å². The maximum atomic E-state index is 12.8. The second-order valence-corrected chi connectivity index (χ2v) is 10.7. The Morgan fingerprint density at radius 2 is 1.77 bits per heavy atom. The molecule has 2 aliphatic rings. The highest BCUT2D eigenvalue weighted by molar-refractivity contribution is 7.89. The van der Waals surface area contributed by atoms with E-state index in [9.17, 15) is 13.2 Å². The lowest BCUT2D eigenvalue weighted by molar-refractivity contribution is -0.126. The molecule has 1 aromatic carbocycles. The van der Waals surface area contributed by atoms with E-state index < -0.39 is 10.0 Å². The molecule has 2 fully saturated rings. The molecule has 1 aromatic rings. The molecule has 2 saturated heterocycles. The van der Waals surface area contributed by atoms with Gasteiger partial charge in [-0.3, -0.25) is 4.79 Å². The summed E-state index contributed by atoms with van der Waals surface area (Å²) in [6, 6.07) is 9.97. The zero-order valence-corrected chi connectivity index (χ0v) is 18.9. The van der Waals surface area contributed by atoms with Gasteiger partial charge in [-0.1, -0.05) is 36.8 Å². The topological polar surface area (TPSA) is 69.7 Å². The first kappa shape index (κ1) is 23.2. The van der Waals surface area contributed by atoms with Crippen LogP contribution < -0.4 is 5.32 Å². The summed E-state index contributed by atoms with van der Waals surface area (Å²) in [7, 11) is -3.31. The molecule has 0 saturated carbocycles. The van der Waals surface area contributed by atoms with Gasteiger partial charge in [-0.2, -0.15) is 0 Å². The van der Waals surface area contributed by atoms with E-state index in [0.717, 1.165) is 37.8 Å². The number of carbonyl (C=O) groups is 1. The van der Waals surface area contributed by atoms with E-state index in [1.165, 1.54) is 32.4 Å². The standard InChI is InChI=1S/C23H37N3O3S/c27-23(24-14-9-17-25-15-5-2-6-16-25)22-13-7-18-26(20-22)30(28,29)19-8-12-21-10-3-1-4-11-21/h1,3-4,10-11,22H,2,5-9,12-20H2,(H,24,27). The van der Waals surface area contributed by atoms with E-state index in [1.54, 1.807) is 4.31 Å². The van der Waals surface area contributed by atoms with Crippen molar-refractivity contribution in [3.05, 3.63) is 35.9 Å². The Hall–Kier alpha value is -1.44. The summed E-state index contributed by atoms with van der Waals surface area (Å²) in [5, 5.41) is 3.04. The van der Waals surface area contributed by atoms with Gasteiger partial charge in [0.15, 0.2) is 0 Å². The smallest absolute Gasteiger partial charge is 0.224 e. The van der Waals surface area contributed by atoms with Crippen LogP contribution in [0.25, 0.3) is 0 Å². The third-order valence-electron chi connectivity index (χ3n) is 6.26. The maximum absolute atomic E-state index is 12.8. The van der Waals surface area contributed by atoms with Crippen LogP contribution in [0, 0.1) is 5.92 Å². The van der Waals surface area contributed by atoms with E-state index >= 15 is 0 Å². The van der Waals surface area contributed by atoms with Crippen molar-refractivity contribution in [1.82, 2.24) is 14.5 Å². The minimum atomic E-state index is -3.31. The number of carbonyl (C=O) groups excluding carboxylic acids is 1. The Balaban J connectivity index is 1.38. The lowest BCUT2D eigenvalue weighted by Crippen LogP contribution is -2.46. The number of amides is 1. The van der Waals surface area contributed by atoms with Gasteiger partial charge in [0.1, 0.15) is 0 Å². The lowest BCUT2D eigenvalue weighted by Gasteiger charge is -2.31. The number of aryl methyl sites for hydroxylation is 1. The molecule has 0 radical (unpaired) electrons. The third-order valence-corrected chi connectivity index (χ3v) is 8.18. The number of hydrogen-bond acceptors (Lipinski definition) is 4. The molecule has 0 spiro atoms. The van der Waals surface area contributed by atoms with Crippen LogP contribution in [0.5, 0.6) is 0 Å². The summed E-state index contributed by atoms with van der Waals surface area (Å²) in [6.45, 7) is 4.92. The van der Waals surface area contributed by atoms with Crippen LogP contribution in [-0.2, 0) is 21.2 Å². The molecule has 6 nitrogen and oxygen atoms in total. The first-order valence-corrected chi connectivity index (χ1v) is 13.2. The SMILES string of the molecule is O=C(NCCCN1CCCCC1)C1CCCN(S(=O)(=O)CCCc2ccccc2)C1. The fraction of sp³-hybridized carbons (Fsp3) is 0.696. The van der Waals surface area contributed by atoms with E-state index in [1.807, 2.05) is 30.3 Å². The van der Waals surface area contributed by atoms with Crippen molar-refractivity contribution in [2.75, 3.05) is 45.0 Å². The maximum Gasteiger partial charge on any atom is 0.224 e. The Kier molecular flexibility index (Phi) is 9.15. The van der Waals surface area contributed by atoms with Crippen molar-refractivity contribution in [3.63, 3.8) is 0 Å². The molecule has 1 unspecified atom stereocenters. The third kappa shape index (κ3) is 7.36. The van der Waals surface area contributed by atoms with Gasteiger partial charge in [-0.15, -0.1) is 0 Å². The van der Waals surface area contributed by atoms with Gasteiger partial charge in [0, 0.05) is 19.6 Å². The number of nitrogens with zero attached hydrogens (tertiary/aromatic N) is 2. The molecule has 0 aromatic heterocycles. The average molecular weight is 436 g/mol. The summed E-state index contributed by atoms with van der Waals surface area (Å²) < 4.78 is 27.1. The average Bonchev–Trinajstić information content (AvgIpc) is 2.78. The fourth-order valence-electron chi connectivity index (χ4n) is 4.48. The molecule has 2 heterocycles. The number of sulfonamides is 1. The number of nitrogens with one attached hydrogen (secondary N) is 1. The summed E-state index contributed by atoms with van der Waals surface area (Å²) >= 11 is 0. The molecule has 7 heteroatoms. The van der Waals surface area contributed by atoms with E-state index in [0.29, 0.717) is 26.1 Å². The minimum Gasteiger partial charge on any atom is -0.356 e. The van der Waals surface area contributed by atoms with Crippen LogP contribution in [0.2, 0.25) is 0 Å². The van der Waals surface area contributed by atoms with Crippen LogP contribution in [0.3, 0.4) is 0 Å². The van der Waals surface area contributed by atoms with Crippen molar-refractivity contribution in [3.8, 4) is 0 Å². The van der Waals surface area contributed by atoms with Gasteiger partial charge in [0.2, 0.25) is 15.9 Å². The molecule has 1 amide bonds. The summed E-state index contributed by atoms with van der Waals surface area (Å²) in [5.41, 5.74) is 1.16. The summed E-state index contributed by atoms with van der Waals surface area (Å²) in [4.78, 5) is 15.0. The predicted molar refractivity (Wildman–Crippen MR) is 121 cm³/mol. The Bertz CT molecular complexity index is 748. The van der Waals surface area contributed by atoms with Crippen LogP contribution in [0.1, 0.15) is 50.5 Å². The van der Waals surface area contributed by atoms with Crippen LogP contribution >= 0.6 is 0 Å². The molecular formula is C23H37N3O3S. The van der Waals surface area contributed by atoms with Crippen molar-refractivity contribution in [1.29, 1.82) is 0 Å². The van der Waals surface area contributed by atoms with Crippen LogP contribution in [0.4, 0.5) is 0 Å². The zero-order chi connectivity index (χ0) is 21.2. The zero-order valence-electron chi connectivity index (χ0n) is 18.1. The Morgan fingerprint density at radius 3 is 2.53 bits per heavy atom. The second kappa shape index (κ2) is 11.8. The molecule has 3 rings (SSSR count). The van der Waals surface area contributed by atoms with Gasteiger partial charge in [0.05, 0.1) is 11.7 Å². The highest BCUT2D eigenvalue weighted by Crippen LogP contribution is 2.20. The van der Waals surface area contributed by atoms with E-state index in [-0.39, 0.29) is 17.6 Å². The fourth-order valence-corrected chi connectivity index (χ4v) is 6.06. The van der Waals surface area contributed by atoms with Gasteiger partial charge in [0.25, 0.3) is 0 Å². The quantitative estimate of drug-likeness (QED) is 0.574. The number of piperidine rings is 2. The lowest BCUT2D eigenvalue weighted by atomic mass is 9.99. The Labute approximate surface area is 182 Å². The highest BCUT2D eigenvalue weighted by atomic mass is 32.2. The molecule has 1 N–H and O–H groups in total. The molecule has 1 atom stereocenters. The van der Waals surface area contributed by atoms with Crippen molar-refractivity contribution >= 4 is 15.9 Å². The normalized spacial score (nSPS) is 21.4. The first-order chi connectivity index (χ1) is 14.5. The van der Waals surface area contributed by atoms with E-state index in [4.69, 9.17) is 0 Å². The molecule has 0 aliphatic carbocycles. The summed E-state index contributed by atoms with van der Waals surface area (Å²) in [5.74, 6) is -0.0676. The second-order valence-electron chi connectivity index (χ2n) is 8.65. The summed E-state index contributed by atoms with van der Waals surface area (Å²) in [6.07, 6.45) is 7.75. The number of hydrogen-bond donors (Lipinski definition) is 1. The van der Waals surface area contributed by atoms with Crippen LogP contribution in [-0.4, -0.2) is 68.6 Å². The van der Waals surface area contributed by atoms with E-state index in [2.05, 4.69) is 10.2 Å². The molecule has 30 heavy (non-hydrogen) atoms. The van der Waals surface area contributed by atoms with Gasteiger partial charge in [-0.25, -0.2) is 12.7 Å². The van der Waals surface area contributed by atoms with Gasteiger partial charge < -0.3 is 10.2 Å². The largest absolute Gasteiger partial charge is 0.356 e. The molecule has 168 valence electrons. The van der Waals surface area contributed by atoms with Crippen molar-refractivity contribution in [2.24, 2.45) is 5.92 Å². The van der Waals surface area contributed by atoms with Crippen molar-refractivity contribution < 1.29 is 13.2 Å².